The van der Waals surface area contributed by atoms with Gasteiger partial charge in [0.1, 0.15) is 0 Å². The zero-order chi connectivity index (χ0) is 22.0. The molecule has 4 rings (SSSR count). The fourth-order valence-electron chi connectivity index (χ4n) is 3.34. The van der Waals surface area contributed by atoms with Crippen LogP contribution >= 0.6 is 11.3 Å². The molecule has 2 aromatic heterocycles. The van der Waals surface area contributed by atoms with E-state index in [9.17, 15) is 9.59 Å². The molecule has 31 heavy (non-hydrogen) atoms. The van der Waals surface area contributed by atoms with Crippen LogP contribution in [0.5, 0.6) is 0 Å². The zero-order valence-corrected chi connectivity index (χ0v) is 18.2. The fraction of sp³-hybridized carbons (Fsp3) is 0.130. The number of hydrogen-bond acceptors (Lipinski definition) is 5. The van der Waals surface area contributed by atoms with Gasteiger partial charge in [0.15, 0.2) is 5.13 Å². The van der Waals surface area contributed by atoms with E-state index < -0.39 is 0 Å². The van der Waals surface area contributed by atoms with Gasteiger partial charge in [-0.2, -0.15) is 5.10 Å². The standard InChI is InChI=1S/C23H21N5O2S/c1-14-21(15(2)28(27-14)19-7-5-4-6-8-19)22(30)26-23-25-20(13-31-23)17-9-11-18(12-10-17)24-16(3)29/h4-13H,1-3H3,(H,24,29)(H,25,26,30). The van der Waals surface area contributed by atoms with Crippen LogP contribution in [0.25, 0.3) is 16.9 Å². The molecule has 2 aromatic carbocycles. The van der Waals surface area contributed by atoms with Crippen LogP contribution in [0.1, 0.15) is 28.7 Å². The van der Waals surface area contributed by atoms with Gasteiger partial charge in [-0.05, 0) is 38.1 Å². The smallest absolute Gasteiger partial charge is 0.261 e. The second-order valence-corrected chi connectivity index (χ2v) is 7.90. The van der Waals surface area contributed by atoms with E-state index >= 15 is 0 Å². The van der Waals surface area contributed by atoms with Crippen molar-refractivity contribution in [3.8, 4) is 16.9 Å². The number of thiazole rings is 1. The first-order chi connectivity index (χ1) is 14.9. The second-order valence-electron chi connectivity index (χ2n) is 7.04. The highest BCUT2D eigenvalue weighted by Gasteiger charge is 2.20. The van der Waals surface area contributed by atoms with Crippen LogP contribution in [-0.2, 0) is 4.79 Å². The highest BCUT2D eigenvalue weighted by atomic mass is 32.1. The number of amides is 2. The summed E-state index contributed by atoms with van der Waals surface area (Å²) in [5.41, 5.74) is 5.25. The normalized spacial score (nSPS) is 10.7. The average Bonchev–Trinajstić information content (AvgIpc) is 3.32. The summed E-state index contributed by atoms with van der Waals surface area (Å²) in [5, 5.41) is 12.6. The van der Waals surface area contributed by atoms with Crippen LogP contribution in [-0.4, -0.2) is 26.6 Å². The molecule has 0 unspecified atom stereocenters. The molecule has 0 saturated heterocycles. The number of rotatable bonds is 5. The van der Waals surface area contributed by atoms with Crippen molar-refractivity contribution in [3.05, 3.63) is 76.9 Å². The molecule has 2 amide bonds. The molecular formula is C23H21N5O2S. The van der Waals surface area contributed by atoms with Crippen molar-refractivity contribution in [1.29, 1.82) is 0 Å². The first-order valence-corrected chi connectivity index (χ1v) is 10.6. The van der Waals surface area contributed by atoms with E-state index in [1.54, 1.807) is 4.68 Å². The molecule has 2 N–H and O–H groups in total. The number of aryl methyl sites for hydroxylation is 1. The summed E-state index contributed by atoms with van der Waals surface area (Å²) in [6, 6.07) is 17.1. The van der Waals surface area contributed by atoms with E-state index in [-0.39, 0.29) is 11.8 Å². The van der Waals surface area contributed by atoms with E-state index in [4.69, 9.17) is 0 Å². The Morgan fingerprint density at radius 1 is 0.968 bits per heavy atom. The van der Waals surface area contributed by atoms with Gasteiger partial charge in [-0.1, -0.05) is 30.3 Å². The molecule has 156 valence electrons. The number of nitrogens with one attached hydrogen (secondary N) is 2. The molecule has 0 aliphatic rings. The maximum Gasteiger partial charge on any atom is 0.261 e. The molecule has 2 heterocycles. The second kappa shape index (κ2) is 8.53. The minimum Gasteiger partial charge on any atom is -0.326 e. The number of nitrogens with zero attached hydrogens (tertiary/aromatic N) is 3. The molecule has 0 fully saturated rings. The maximum atomic E-state index is 13.0. The number of aromatic nitrogens is 3. The summed E-state index contributed by atoms with van der Waals surface area (Å²) in [7, 11) is 0. The van der Waals surface area contributed by atoms with Crippen molar-refractivity contribution in [3.63, 3.8) is 0 Å². The lowest BCUT2D eigenvalue weighted by Gasteiger charge is -2.05. The Morgan fingerprint density at radius 2 is 1.68 bits per heavy atom. The fourth-order valence-corrected chi connectivity index (χ4v) is 4.06. The van der Waals surface area contributed by atoms with Gasteiger partial charge in [0.05, 0.1) is 28.3 Å². The highest BCUT2D eigenvalue weighted by molar-refractivity contribution is 7.14. The van der Waals surface area contributed by atoms with Gasteiger partial charge >= 0.3 is 0 Å². The van der Waals surface area contributed by atoms with Crippen LogP contribution in [0.3, 0.4) is 0 Å². The first-order valence-electron chi connectivity index (χ1n) is 9.69. The number of carbonyl (C=O) groups excluding carboxylic acids is 2. The summed E-state index contributed by atoms with van der Waals surface area (Å²) in [6.45, 7) is 5.17. The highest BCUT2D eigenvalue weighted by Crippen LogP contribution is 2.27. The van der Waals surface area contributed by atoms with Crippen LogP contribution in [0.2, 0.25) is 0 Å². The third-order valence-electron chi connectivity index (χ3n) is 4.74. The van der Waals surface area contributed by atoms with E-state index in [2.05, 4.69) is 20.7 Å². The third-order valence-corrected chi connectivity index (χ3v) is 5.50. The Bertz CT molecular complexity index is 1240. The minimum atomic E-state index is -0.237. The van der Waals surface area contributed by atoms with Gasteiger partial charge in [-0.3, -0.25) is 14.9 Å². The van der Waals surface area contributed by atoms with Gasteiger partial charge in [0.2, 0.25) is 5.91 Å². The lowest BCUT2D eigenvalue weighted by molar-refractivity contribution is -0.114. The third kappa shape index (κ3) is 4.39. The SMILES string of the molecule is CC(=O)Nc1ccc(-c2csc(NC(=O)c3c(C)nn(-c4ccccc4)c3C)n2)cc1. The van der Waals surface area contributed by atoms with Crippen molar-refractivity contribution < 1.29 is 9.59 Å². The Kier molecular flexibility index (Phi) is 5.64. The lowest BCUT2D eigenvalue weighted by atomic mass is 10.1. The van der Waals surface area contributed by atoms with Crippen molar-refractivity contribution in [1.82, 2.24) is 14.8 Å². The van der Waals surface area contributed by atoms with Crippen LogP contribution in [0, 0.1) is 13.8 Å². The Balaban J connectivity index is 1.52. The van der Waals surface area contributed by atoms with E-state index in [1.165, 1.54) is 18.3 Å². The van der Waals surface area contributed by atoms with Gasteiger partial charge in [0.25, 0.3) is 5.91 Å². The van der Waals surface area contributed by atoms with Crippen LogP contribution in [0.15, 0.2) is 60.0 Å². The molecule has 0 aliphatic carbocycles. The monoisotopic (exact) mass is 431 g/mol. The summed E-state index contributed by atoms with van der Waals surface area (Å²) < 4.78 is 1.77. The van der Waals surface area contributed by atoms with Crippen LogP contribution in [0.4, 0.5) is 10.8 Å². The Morgan fingerprint density at radius 3 is 2.35 bits per heavy atom. The van der Waals surface area contributed by atoms with Gasteiger partial charge < -0.3 is 5.32 Å². The number of para-hydroxylation sites is 1. The molecule has 0 saturated carbocycles. The lowest BCUT2D eigenvalue weighted by Crippen LogP contribution is -2.14. The molecule has 0 bridgehead atoms. The molecule has 0 radical (unpaired) electrons. The first kappa shape index (κ1) is 20.5. The zero-order valence-electron chi connectivity index (χ0n) is 17.3. The van der Waals surface area contributed by atoms with E-state index in [0.717, 1.165) is 28.3 Å². The number of benzene rings is 2. The van der Waals surface area contributed by atoms with Gasteiger partial charge in [-0.15, -0.1) is 11.3 Å². The molecule has 0 atom stereocenters. The quantitative estimate of drug-likeness (QED) is 0.474. The molecule has 0 aliphatic heterocycles. The number of carbonyl (C=O) groups is 2. The maximum absolute atomic E-state index is 13.0. The van der Waals surface area contributed by atoms with Crippen molar-refractivity contribution >= 4 is 34.0 Å². The topological polar surface area (TPSA) is 88.9 Å². The summed E-state index contributed by atoms with van der Waals surface area (Å²) in [6.07, 6.45) is 0. The van der Waals surface area contributed by atoms with E-state index in [1.807, 2.05) is 73.8 Å². The number of anilines is 2. The van der Waals surface area contributed by atoms with Crippen LogP contribution < -0.4 is 10.6 Å². The molecule has 0 spiro atoms. The number of hydrogen-bond donors (Lipinski definition) is 2. The minimum absolute atomic E-state index is 0.118. The van der Waals surface area contributed by atoms with Crippen molar-refractivity contribution in [2.24, 2.45) is 0 Å². The predicted octanol–water partition coefficient (Wildman–Crippen LogP) is 4.82. The largest absolute Gasteiger partial charge is 0.326 e. The predicted molar refractivity (Wildman–Crippen MR) is 123 cm³/mol. The summed E-state index contributed by atoms with van der Waals surface area (Å²) >= 11 is 1.36. The Labute approximate surface area is 183 Å². The summed E-state index contributed by atoms with van der Waals surface area (Å²) in [5.74, 6) is -0.355. The molecular weight excluding hydrogens is 410 g/mol. The van der Waals surface area contributed by atoms with E-state index in [0.29, 0.717) is 16.4 Å². The van der Waals surface area contributed by atoms with Gasteiger partial charge in [-0.25, -0.2) is 9.67 Å². The molecule has 4 aromatic rings. The van der Waals surface area contributed by atoms with Gasteiger partial charge in [0, 0.05) is 23.6 Å². The molecule has 8 heteroatoms. The van der Waals surface area contributed by atoms with Crippen molar-refractivity contribution in [2.45, 2.75) is 20.8 Å². The Hall–Kier alpha value is -3.78. The average molecular weight is 432 g/mol. The van der Waals surface area contributed by atoms with Crippen molar-refractivity contribution in [2.75, 3.05) is 10.6 Å². The molecule has 7 nitrogen and oxygen atoms in total. The summed E-state index contributed by atoms with van der Waals surface area (Å²) in [4.78, 5) is 28.6.